The molecular formula is C13H12BrF2N3O2. The van der Waals surface area contributed by atoms with E-state index >= 15 is 0 Å². The van der Waals surface area contributed by atoms with Crippen molar-refractivity contribution in [3.05, 3.63) is 56.4 Å². The molecule has 0 unspecified atom stereocenters. The maximum absolute atomic E-state index is 13.1. The van der Waals surface area contributed by atoms with E-state index in [0.29, 0.717) is 11.3 Å². The number of anilines is 1. The molecule has 0 amide bonds. The molecule has 21 heavy (non-hydrogen) atoms. The Hall–Kier alpha value is -1.80. The van der Waals surface area contributed by atoms with Crippen LogP contribution < -0.4 is 10.9 Å². The second-order valence-corrected chi connectivity index (χ2v) is 5.02. The third-order valence-electron chi connectivity index (χ3n) is 2.76. The van der Waals surface area contributed by atoms with E-state index in [4.69, 9.17) is 5.11 Å². The quantitative estimate of drug-likeness (QED) is 0.855. The lowest BCUT2D eigenvalue weighted by molar-refractivity contribution is 0.266. The van der Waals surface area contributed by atoms with Gasteiger partial charge in [-0.2, -0.15) is 5.10 Å². The lowest BCUT2D eigenvalue weighted by Gasteiger charge is -2.10. The van der Waals surface area contributed by atoms with E-state index in [1.807, 2.05) is 0 Å². The highest BCUT2D eigenvalue weighted by molar-refractivity contribution is 9.10. The summed E-state index contributed by atoms with van der Waals surface area (Å²) in [5.74, 6) is -1.84. The summed E-state index contributed by atoms with van der Waals surface area (Å²) in [4.78, 5) is 11.9. The maximum atomic E-state index is 13.1. The van der Waals surface area contributed by atoms with Crippen LogP contribution in [-0.2, 0) is 13.1 Å². The van der Waals surface area contributed by atoms with Crippen molar-refractivity contribution in [1.29, 1.82) is 0 Å². The molecule has 2 aromatic rings. The predicted octanol–water partition coefficient (Wildman–Crippen LogP) is 1.89. The van der Waals surface area contributed by atoms with E-state index in [0.717, 1.165) is 16.8 Å². The van der Waals surface area contributed by atoms with E-state index < -0.39 is 11.6 Å². The van der Waals surface area contributed by atoms with Crippen molar-refractivity contribution >= 4 is 21.6 Å². The van der Waals surface area contributed by atoms with Crippen LogP contribution in [0.5, 0.6) is 0 Å². The van der Waals surface area contributed by atoms with Crippen molar-refractivity contribution in [1.82, 2.24) is 9.78 Å². The number of aromatic nitrogens is 2. The number of hydrogen-bond donors (Lipinski definition) is 2. The van der Waals surface area contributed by atoms with Crippen molar-refractivity contribution in [3.63, 3.8) is 0 Å². The minimum Gasteiger partial charge on any atom is -0.394 e. The van der Waals surface area contributed by atoms with Gasteiger partial charge in [-0.1, -0.05) is 6.07 Å². The lowest BCUT2D eigenvalue weighted by atomic mass is 10.2. The van der Waals surface area contributed by atoms with Gasteiger partial charge in [-0.3, -0.25) is 4.79 Å². The summed E-state index contributed by atoms with van der Waals surface area (Å²) in [5, 5.41) is 15.6. The maximum Gasteiger partial charge on any atom is 0.283 e. The molecule has 0 saturated heterocycles. The number of rotatable bonds is 5. The van der Waals surface area contributed by atoms with Crippen LogP contribution in [0.25, 0.3) is 0 Å². The van der Waals surface area contributed by atoms with Gasteiger partial charge in [0.2, 0.25) is 0 Å². The van der Waals surface area contributed by atoms with Crippen LogP contribution in [0.4, 0.5) is 14.5 Å². The molecule has 1 aromatic heterocycles. The van der Waals surface area contributed by atoms with Gasteiger partial charge in [-0.25, -0.2) is 13.5 Å². The monoisotopic (exact) mass is 359 g/mol. The first kappa shape index (κ1) is 15.6. The average Bonchev–Trinajstić information content (AvgIpc) is 2.47. The number of aliphatic hydroxyl groups is 1. The van der Waals surface area contributed by atoms with Crippen molar-refractivity contribution in [3.8, 4) is 0 Å². The van der Waals surface area contributed by atoms with Gasteiger partial charge in [0.25, 0.3) is 5.56 Å². The van der Waals surface area contributed by atoms with E-state index in [9.17, 15) is 13.6 Å². The van der Waals surface area contributed by atoms with Crippen LogP contribution >= 0.6 is 15.9 Å². The second kappa shape index (κ2) is 6.77. The number of halogens is 3. The Morgan fingerprint density at radius 3 is 2.76 bits per heavy atom. The van der Waals surface area contributed by atoms with E-state index in [1.165, 1.54) is 12.3 Å². The fraction of sp³-hybridized carbons (Fsp3) is 0.231. The van der Waals surface area contributed by atoms with Gasteiger partial charge < -0.3 is 10.4 Å². The molecule has 0 spiro atoms. The number of aliphatic hydroxyl groups excluding tert-OH is 1. The topological polar surface area (TPSA) is 67.2 Å². The Balaban J connectivity index is 2.15. The Bertz CT molecular complexity index is 706. The van der Waals surface area contributed by atoms with E-state index in [2.05, 4.69) is 26.3 Å². The van der Waals surface area contributed by atoms with Crippen molar-refractivity contribution in [2.24, 2.45) is 0 Å². The van der Waals surface area contributed by atoms with Gasteiger partial charge >= 0.3 is 0 Å². The fourth-order valence-corrected chi connectivity index (χ4v) is 2.14. The fourth-order valence-electron chi connectivity index (χ4n) is 1.69. The number of nitrogens with one attached hydrogen (secondary N) is 1. The number of nitrogens with zero attached hydrogens (tertiary/aromatic N) is 2. The smallest absolute Gasteiger partial charge is 0.283 e. The van der Waals surface area contributed by atoms with Gasteiger partial charge in [-0.05, 0) is 33.6 Å². The molecule has 0 atom stereocenters. The standard InChI is InChI=1S/C13H12BrF2N3O2/c14-12-11(7-18-19(3-4-20)13(12)21)17-6-8-1-2-9(15)10(16)5-8/h1-2,5,7,17,20H,3-4,6H2. The summed E-state index contributed by atoms with van der Waals surface area (Å²) in [6.07, 6.45) is 1.42. The molecule has 0 aliphatic rings. The molecule has 0 fully saturated rings. The summed E-state index contributed by atoms with van der Waals surface area (Å²) in [5.41, 5.74) is 0.568. The molecule has 1 aromatic carbocycles. The Morgan fingerprint density at radius 1 is 1.33 bits per heavy atom. The summed E-state index contributed by atoms with van der Waals surface area (Å²) in [6, 6.07) is 3.56. The highest BCUT2D eigenvalue weighted by Gasteiger charge is 2.09. The van der Waals surface area contributed by atoms with Crippen molar-refractivity contribution < 1.29 is 13.9 Å². The Labute approximate surface area is 127 Å². The summed E-state index contributed by atoms with van der Waals surface area (Å²) in [6.45, 7) is 0.114. The molecular weight excluding hydrogens is 348 g/mol. The summed E-state index contributed by atoms with van der Waals surface area (Å²) < 4.78 is 27.3. The van der Waals surface area contributed by atoms with Gasteiger partial charge in [0, 0.05) is 6.54 Å². The zero-order chi connectivity index (χ0) is 15.4. The van der Waals surface area contributed by atoms with Gasteiger partial charge in [-0.15, -0.1) is 0 Å². The molecule has 5 nitrogen and oxygen atoms in total. The van der Waals surface area contributed by atoms with Crippen LogP contribution in [-0.4, -0.2) is 21.5 Å². The first-order chi connectivity index (χ1) is 10.0. The van der Waals surface area contributed by atoms with Gasteiger partial charge in [0.15, 0.2) is 11.6 Å². The third-order valence-corrected chi connectivity index (χ3v) is 3.53. The van der Waals surface area contributed by atoms with Crippen LogP contribution in [0.3, 0.4) is 0 Å². The molecule has 0 bridgehead atoms. The molecule has 0 aliphatic heterocycles. The Morgan fingerprint density at radius 2 is 2.10 bits per heavy atom. The lowest BCUT2D eigenvalue weighted by Crippen LogP contribution is -2.25. The van der Waals surface area contributed by atoms with E-state index in [1.54, 1.807) is 0 Å². The second-order valence-electron chi connectivity index (χ2n) is 4.23. The molecule has 2 N–H and O–H groups in total. The third kappa shape index (κ3) is 3.64. The average molecular weight is 360 g/mol. The van der Waals surface area contributed by atoms with Crippen LogP contribution in [0.2, 0.25) is 0 Å². The number of benzene rings is 1. The van der Waals surface area contributed by atoms with E-state index in [-0.39, 0.29) is 29.7 Å². The van der Waals surface area contributed by atoms with Crippen molar-refractivity contribution in [2.45, 2.75) is 13.1 Å². The minimum atomic E-state index is -0.926. The summed E-state index contributed by atoms with van der Waals surface area (Å²) >= 11 is 3.15. The first-order valence-corrected chi connectivity index (χ1v) is 6.86. The normalized spacial score (nSPS) is 10.7. The van der Waals surface area contributed by atoms with Crippen LogP contribution in [0.15, 0.2) is 33.7 Å². The predicted molar refractivity (Wildman–Crippen MR) is 77.0 cm³/mol. The van der Waals surface area contributed by atoms with Gasteiger partial charge in [0.1, 0.15) is 4.47 Å². The largest absolute Gasteiger partial charge is 0.394 e. The Kier molecular flexibility index (Phi) is 5.03. The molecule has 8 heteroatoms. The molecule has 112 valence electrons. The van der Waals surface area contributed by atoms with Crippen LogP contribution in [0.1, 0.15) is 5.56 Å². The molecule has 1 heterocycles. The SMILES string of the molecule is O=c1c(Br)c(NCc2ccc(F)c(F)c2)cnn1CCO. The molecule has 2 rings (SSSR count). The molecule has 0 saturated carbocycles. The highest BCUT2D eigenvalue weighted by Crippen LogP contribution is 2.17. The summed E-state index contributed by atoms with van der Waals surface area (Å²) in [7, 11) is 0. The molecule has 0 radical (unpaired) electrons. The zero-order valence-electron chi connectivity index (χ0n) is 10.8. The number of hydrogen-bond acceptors (Lipinski definition) is 4. The van der Waals surface area contributed by atoms with Crippen molar-refractivity contribution in [2.75, 3.05) is 11.9 Å². The first-order valence-electron chi connectivity index (χ1n) is 6.07. The van der Waals surface area contributed by atoms with Crippen LogP contribution in [0, 0.1) is 11.6 Å². The molecule has 0 aliphatic carbocycles. The van der Waals surface area contributed by atoms with Gasteiger partial charge in [0.05, 0.1) is 25.0 Å². The zero-order valence-corrected chi connectivity index (χ0v) is 12.4. The highest BCUT2D eigenvalue weighted by atomic mass is 79.9. The minimum absolute atomic E-state index is 0.0981.